The van der Waals surface area contributed by atoms with Gasteiger partial charge < -0.3 is 5.32 Å². The minimum Gasteiger partial charge on any atom is -0.380 e. The highest BCUT2D eigenvalue weighted by atomic mass is 32.1. The van der Waals surface area contributed by atoms with Gasteiger partial charge in [0, 0.05) is 33.4 Å². The molecule has 0 saturated carbocycles. The summed E-state index contributed by atoms with van der Waals surface area (Å²) in [6, 6.07) is 12.3. The fourth-order valence-corrected chi connectivity index (χ4v) is 3.38. The number of hydrogen-bond donors (Lipinski definition) is 1. The van der Waals surface area contributed by atoms with Crippen LogP contribution in [0.2, 0.25) is 0 Å². The number of anilines is 1. The summed E-state index contributed by atoms with van der Waals surface area (Å²) < 4.78 is 0. The zero-order chi connectivity index (χ0) is 14.7. The van der Waals surface area contributed by atoms with E-state index in [1.54, 1.807) is 22.7 Å². The number of rotatable bonds is 4. The van der Waals surface area contributed by atoms with E-state index in [2.05, 4.69) is 33.9 Å². The average molecular weight is 311 g/mol. The Morgan fingerprint density at radius 1 is 1.24 bits per heavy atom. The summed E-state index contributed by atoms with van der Waals surface area (Å²) in [5.41, 5.74) is 3.92. The third-order valence-corrected chi connectivity index (χ3v) is 4.74. The van der Waals surface area contributed by atoms with Crippen molar-refractivity contribution in [2.75, 3.05) is 5.32 Å². The zero-order valence-corrected chi connectivity index (χ0v) is 13.1. The van der Waals surface area contributed by atoms with E-state index in [-0.39, 0.29) is 0 Å². The molecule has 3 nitrogen and oxygen atoms in total. The molecule has 0 aliphatic heterocycles. The van der Waals surface area contributed by atoms with E-state index in [1.165, 1.54) is 0 Å². The Balaban J connectivity index is 1.73. The zero-order valence-electron chi connectivity index (χ0n) is 11.5. The largest absolute Gasteiger partial charge is 0.380 e. The van der Waals surface area contributed by atoms with E-state index < -0.39 is 0 Å². The van der Waals surface area contributed by atoms with Crippen LogP contribution in [0.4, 0.5) is 5.69 Å². The Morgan fingerprint density at radius 2 is 2.14 bits per heavy atom. The van der Waals surface area contributed by atoms with Crippen LogP contribution in [-0.2, 0) is 6.54 Å². The van der Waals surface area contributed by atoms with Gasteiger partial charge in [-0.3, -0.25) is 0 Å². The van der Waals surface area contributed by atoms with E-state index in [4.69, 9.17) is 5.26 Å². The molecule has 0 aliphatic rings. The van der Waals surface area contributed by atoms with Crippen molar-refractivity contribution in [1.29, 1.82) is 5.26 Å². The molecule has 1 aromatic carbocycles. The van der Waals surface area contributed by atoms with Gasteiger partial charge in [0.1, 0.15) is 6.07 Å². The van der Waals surface area contributed by atoms with Gasteiger partial charge in [0.2, 0.25) is 0 Å². The first kappa shape index (κ1) is 13.8. The molecule has 2 heterocycles. The van der Waals surface area contributed by atoms with Gasteiger partial charge >= 0.3 is 0 Å². The lowest BCUT2D eigenvalue weighted by molar-refractivity contribution is 1.19. The van der Waals surface area contributed by atoms with Gasteiger partial charge in [-0.05, 0) is 25.1 Å². The monoisotopic (exact) mass is 311 g/mol. The van der Waals surface area contributed by atoms with Crippen LogP contribution >= 0.6 is 22.7 Å². The second kappa shape index (κ2) is 6.08. The predicted octanol–water partition coefficient (Wildman–Crippen LogP) is 4.66. The number of nitriles is 1. The number of nitrogens with zero attached hydrogens (tertiary/aromatic N) is 2. The molecule has 1 N–H and O–H groups in total. The van der Waals surface area contributed by atoms with Gasteiger partial charge in [0.25, 0.3) is 0 Å². The quantitative estimate of drug-likeness (QED) is 0.762. The highest BCUT2D eigenvalue weighted by Crippen LogP contribution is 2.24. The van der Waals surface area contributed by atoms with Crippen molar-refractivity contribution < 1.29 is 0 Å². The number of thiophene rings is 1. The van der Waals surface area contributed by atoms with E-state index >= 15 is 0 Å². The van der Waals surface area contributed by atoms with E-state index in [0.29, 0.717) is 0 Å². The highest BCUT2D eigenvalue weighted by Gasteiger charge is 2.04. The first-order valence-electron chi connectivity index (χ1n) is 6.48. The first-order chi connectivity index (χ1) is 10.2. The molecule has 0 amide bonds. The molecule has 3 aromatic rings. The second-order valence-electron chi connectivity index (χ2n) is 4.60. The van der Waals surface area contributed by atoms with Crippen molar-refractivity contribution in [2.24, 2.45) is 0 Å². The summed E-state index contributed by atoms with van der Waals surface area (Å²) in [7, 11) is 0. The Morgan fingerprint density at radius 3 is 2.86 bits per heavy atom. The number of nitrogens with one attached hydrogen (secondary N) is 1. The molecule has 0 unspecified atom stereocenters. The number of aromatic nitrogens is 1. The number of aryl methyl sites for hydroxylation is 1. The average Bonchev–Trinajstić information content (AvgIpc) is 3.14. The van der Waals surface area contributed by atoms with Gasteiger partial charge in [-0.25, -0.2) is 4.98 Å². The van der Waals surface area contributed by atoms with Gasteiger partial charge in [0.05, 0.1) is 16.3 Å². The molecule has 104 valence electrons. The Bertz CT molecular complexity index is 796. The molecule has 5 heteroatoms. The molecule has 2 aromatic heterocycles. The van der Waals surface area contributed by atoms with Crippen molar-refractivity contribution >= 4 is 28.4 Å². The Kier molecular flexibility index (Phi) is 4.00. The maximum atomic E-state index is 8.83. The fourth-order valence-electron chi connectivity index (χ4n) is 2.01. The maximum absolute atomic E-state index is 8.83. The van der Waals surface area contributed by atoms with Crippen molar-refractivity contribution in [3.05, 3.63) is 56.5 Å². The Hall–Kier alpha value is -2.16. The van der Waals surface area contributed by atoms with Crippen LogP contribution in [0, 0.1) is 18.3 Å². The summed E-state index contributed by atoms with van der Waals surface area (Å²) in [5.74, 6) is 0. The van der Waals surface area contributed by atoms with Crippen LogP contribution in [-0.4, -0.2) is 4.98 Å². The summed E-state index contributed by atoms with van der Waals surface area (Å²) >= 11 is 3.26. The molecule has 3 rings (SSSR count). The first-order valence-corrected chi connectivity index (χ1v) is 8.24. The summed E-state index contributed by atoms with van der Waals surface area (Å²) in [6.07, 6.45) is 0. The van der Waals surface area contributed by atoms with Crippen LogP contribution in [0.15, 0.2) is 41.1 Å². The van der Waals surface area contributed by atoms with Gasteiger partial charge in [0.15, 0.2) is 0 Å². The highest BCUT2D eigenvalue weighted by molar-refractivity contribution is 7.10. The number of benzene rings is 1. The minimum atomic E-state index is 0.725. The maximum Gasteiger partial charge on any atom is 0.100 e. The number of hydrogen-bond acceptors (Lipinski definition) is 5. The molecule has 0 spiro atoms. The van der Waals surface area contributed by atoms with Gasteiger partial charge in [-0.15, -0.1) is 22.7 Å². The fraction of sp³-hybridized carbons (Fsp3) is 0.125. The van der Waals surface area contributed by atoms with Crippen molar-refractivity contribution in [2.45, 2.75) is 13.5 Å². The Labute approximate surface area is 131 Å². The standard InChI is InChI=1S/C16H13N3S2/c1-11-19-16(10-20-11)13-3-2-4-14(6-13)18-8-15-5-12(7-17)9-21-15/h2-6,9-10,18H,8H2,1H3. The lowest BCUT2D eigenvalue weighted by Crippen LogP contribution is -1.97. The van der Waals surface area contributed by atoms with Gasteiger partial charge in [-0.2, -0.15) is 5.26 Å². The molecule has 0 fully saturated rings. The summed E-state index contributed by atoms with van der Waals surface area (Å²) in [5, 5.41) is 17.3. The molecular weight excluding hydrogens is 298 g/mol. The lowest BCUT2D eigenvalue weighted by Gasteiger charge is -2.06. The van der Waals surface area contributed by atoms with Crippen LogP contribution in [0.3, 0.4) is 0 Å². The molecule has 0 bridgehead atoms. The molecule has 0 saturated heterocycles. The molecule has 0 aliphatic carbocycles. The van der Waals surface area contributed by atoms with Crippen molar-refractivity contribution in [1.82, 2.24) is 4.98 Å². The predicted molar refractivity (Wildman–Crippen MR) is 88.6 cm³/mol. The molecule has 0 radical (unpaired) electrons. The topological polar surface area (TPSA) is 48.7 Å². The van der Waals surface area contributed by atoms with Crippen LogP contribution in [0.1, 0.15) is 15.4 Å². The third-order valence-electron chi connectivity index (χ3n) is 3.03. The minimum absolute atomic E-state index is 0.725. The third kappa shape index (κ3) is 3.30. The molecular formula is C16H13N3S2. The van der Waals surface area contributed by atoms with Gasteiger partial charge in [-0.1, -0.05) is 12.1 Å². The van der Waals surface area contributed by atoms with Crippen LogP contribution in [0.25, 0.3) is 11.3 Å². The summed E-state index contributed by atoms with van der Waals surface area (Å²) in [4.78, 5) is 5.67. The number of thiazole rings is 1. The van der Waals surface area contributed by atoms with Crippen molar-refractivity contribution in [3.63, 3.8) is 0 Å². The van der Waals surface area contributed by atoms with Crippen molar-refractivity contribution in [3.8, 4) is 17.3 Å². The SMILES string of the molecule is Cc1nc(-c2cccc(NCc3cc(C#N)cs3)c2)cs1. The molecule has 21 heavy (non-hydrogen) atoms. The van der Waals surface area contributed by atoms with E-state index in [9.17, 15) is 0 Å². The summed E-state index contributed by atoms with van der Waals surface area (Å²) in [6.45, 7) is 2.74. The molecule has 0 atom stereocenters. The van der Waals surface area contributed by atoms with Crippen LogP contribution in [0.5, 0.6) is 0 Å². The second-order valence-corrected chi connectivity index (χ2v) is 6.66. The normalized spacial score (nSPS) is 10.3. The van der Waals surface area contributed by atoms with E-state index in [1.807, 2.05) is 30.5 Å². The van der Waals surface area contributed by atoms with E-state index in [0.717, 1.165) is 38.9 Å². The lowest BCUT2D eigenvalue weighted by atomic mass is 10.1. The smallest absolute Gasteiger partial charge is 0.100 e. The van der Waals surface area contributed by atoms with Crippen LogP contribution < -0.4 is 5.32 Å².